The Kier molecular flexibility index (Phi) is 5.67. The van der Waals surface area contributed by atoms with E-state index in [0.717, 1.165) is 23.3 Å². The van der Waals surface area contributed by atoms with E-state index < -0.39 is 0 Å². The standard InChI is InChI=1S/C17H29N3S/c1-5-17(3,4)14-7-6-13(11-18)15(10-14)21-16-19-9-8-12(2)20-16/h8-9,13-15H,5-7,10-11,18H2,1-4H3. The van der Waals surface area contributed by atoms with Crippen LogP contribution >= 0.6 is 11.8 Å². The van der Waals surface area contributed by atoms with Crippen molar-refractivity contribution in [1.82, 2.24) is 9.97 Å². The summed E-state index contributed by atoms with van der Waals surface area (Å²) in [5.74, 6) is 1.38. The van der Waals surface area contributed by atoms with Crippen LogP contribution in [0.1, 0.15) is 52.1 Å². The Morgan fingerprint density at radius 1 is 1.38 bits per heavy atom. The predicted molar refractivity (Wildman–Crippen MR) is 90.4 cm³/mol. The van der Waals surface area contributed by atoms with Gasteiger partial charge >= 0.3 is 0 Å². The molecule has 1 heterocycles. The van der Waals surface area contributed by atoms with Crippen molar-refractivity contribution in [3.8, 4) is 0 Å². The molecule has 118 valence electrons. The molecule has 3 unspecified atom stereocenters. The fraction of sp³-hybridized carbons (Fsp3) is 0.765. The van der Waals surface area contributed by atoms with Crippen LogP contribution in [0.25, 0.3) is 0 Å². The van der Waals surface area contributed by atoms with E-state index in [-0.39, 0.29) is 0 Å². The molecule has 1 fully saturated rings. The van der Waals surface area contributed by atoms with E-state index in [9.17, 15) is 0 Å². The molecular formula is C17H29N3S. The lowest BCUT2D eigenvalue weighted by atomic mass is 9.67. The second kappa shape index (κ2) is 7.10. The van der Waals surface area contributed by atoms with Crippen LogP contribution in [-0.4, -0.2) is 21.8 Å². The van der Waals surface area contributed by atoms with Gasteiger partial charge in [-0.05, 0) is 56.0 Å². The Labute approximate surface area is 133 Å². The van der Waals surface area contributed by atoms with E-state index in [0.29, 0.717) is 16.6 Å². The molecule has 0 amide bonds. The van der Waals surface area contributed by atoms with Crippen LogP contribution < -0.4 is 5.73 Å². The number of aromatic nitrogens is 2. The summed E-state index contributed by atoms with van der Waals surface area (Å²) in [4.78, 5) is 8.98. The van der Waals surface area contributed by atoms with Crippen molar-refractivity contribution >= 4 is 11.8 Å². The van der Waals surface area contributed by atoms with Gasteiger partial charge in [0.2, 0.25) is 0 Å². The van der Waals surface area contributed by atoms with Crippen molar-refractivity contribution in [2.75, 3.05) is 6.54 Å². The molecule has 3 nitrogen and oxygen atoms in total. The van der Waals surface area contributed by atoms with E-state index in [4.69, 9.17) is 5.73 Å². The molecule has 0 aromatic carbocycles. The first-order valence-corrected chi connectivity index (χ1v) is 9.00. The summed E-state index contributed by atoms with van der Waals surface area (Å²) in [6.07, 6.45) is 6.90. The highest BCUT2D eigenvalue weighted by atomic mass is 32.2. The van der Waals surface area contributed by atoms with Crippen molar-refractivity contribution < 1.29 is 0 Å². The number of nitrogens with zero attached hydrogens (tertiary/aromatic N) is 2. The van der Waals surface area contributed by atoms with Gasteiger partial charge in [0.1, 0.15) is 0 Å². The zero-order valence-electron chi connectivity index (χ0n) is 13.8. The van der Waals surface area contributed by atoms with Crippen molar-refractivity contribution in [2.24, 2.45) is 23.0 Å². The minimum absolute atomic E-state index is 0.422. The molecular weight excluding hydrogens is 278 g/mol. The van der Waals surface area contributed by atoms with E-state index in [1.807, 2.05) is 30.9 Å². The smallest absolute Gasteiger partial charge is 0.188 e. The largest absolute Gasteiger partial charge is 0.330 e. The molecule has 1 saturated carbocycles. The van der Waals surface area contributed by atoms with Gasteiger partial charge < -0.3 is 5.73 Å². The van der Waals surface area contributed by atoms with Crippen LogP contribution in [-0.2, 0) is 0 Å². The molecule has 1 aromatic rings. The first kappa shape index (κ1) is 16.8. The molecule has 0 spiro atoms. The van der Waals surface area contributed by atoms with Gasteiger partial charge in [0.25, 0.3) is 0 Å². The molecule has 0 aliphatic heterocycles. The summed E-state index contributed by atoms with van der Waals surface area (Å²) < 4.78 is 0. The molecule has 1 aliphatic carbocycles. The molecule has 21 heavy (non-hydrogen) atoms. The number of hydrogen-bond acceptors (Lipinski definition) is 4. The highest BCUT2D eigenvalue weighted by Gasteiger charge is 2.37. The third-order valence-electron chi connectivity index (χ3n) is 5.28. The number of nitrogens with two attached hydrogens (primary N) is 1. The highest BCUT2D eigenvalue weighted by Crippen LogP contribution is 2.46. The lowest BCUT2D eigenvalue weighted by molar-refractivity contribution is 0.134. The second-order valence-electron chi connectivity index (χ2n) is 6.98. The van der Waals surface area contributed by atoms with Crippen LogP contribution in [0.5, 0.6) is 0 Å². The summed E-state index contributed by atoms with van der Waals surface area (Å²) in [7, 11) is 0. The van der Waals surface area contributed by atoms with Crippen molar-refractivity contribution in [3.05, 3.63) is 18.0 Å². The van der Waals surface area contributed by atoms with Gasteiger partial charge in [-0.25, -0.2) is 9.97 Å². The molecule has 0 saturated heterocycles. The number of thioether (sulfide) groups is 1. The van der Waals surface area contributed by atoms with Crippen LogP contribution in [0, 0.1) is 24.2 Å². The SMILES string of the molecule is CCC(C)(C)C1CCC(CN)C(Sc2nccc(C)n2)C1. The van der Waals surface area contributed by atoms with Gasteiger partial charge in [-0.1, -0.05) is 39.0 Å². The first-order valence-electron chi connectivity index (χ1n) is 8.12. The molecule has 0 radical (unpaired) electrons. The van der Waals surface area contributed by atoms with E-state index >= 15 is 0 Å². The summed E-state index contributed by atoms with van der Waals surface area (Å²) in [5, 5.41) is 1.47. The highest BCUT2D eigenvalue weighted by molar-refractivity contribution is 7.99. The van der Waals surface area contributed by atoms with Gasteiger partial charge in [-0.15, -0.1) is 0 Å². The normalized spacial score (nSPS) is 26.8. The summed E-state index contributed by atoms with van der Waals surface area (Å²) in [6.45, 7) is 9.93. The number of aryl methyl sites for hydroxylation is 1. The van der Waals surface area contributed by atoms with E-state index in [1.54, 1.807) is 0 Å². The Morgan fingerprint density at radius 2 is 2.14 bits per heavy atom. The average molecular weight is 308 g/mol. The molecule has 1 aromatic heterocycles. The lowest BCUT2D eigenvalue weighted by Crippen LogP contribution is -2.37. The zero-order valence-corrected chi connectivity index (χ0v) is 14.6. The molecule has 3 atom stereocenters. The Hall–Kier alpha value is -0.610. The predicted octanol–water partition coefficient (Wildman–Crippen LogP) is 4.06. The minimum Gasteiger partial charge on any atom is -0.330 e. The maximum atomic E-state index is 6.01. The van der Waals surface area contributed by atoms with Crippen molar-refractivity contribution in [1.29, 1.82) is 0 Å². The monoisotopic (exact) mass is 307 g/mol. The van der Waals surface area contributed by atoms with Crippen LogP contribution in [0.15, 0.2) is 17.4 Å². The van der Waals surface area contributed by atoms with Crippen molar-refractivity contribution in [3.63, 3.8) is 0 Å². The van der Waals surface area contributed by atoms with Crippen LogP contribution in [0.3, 0.4) is 0 Å². The van der Waals surface area contributed by atoms with Gasteiger partial charge in [-0.3, -0.25) is 0 Å². The maximum absolute atomic E-state index is 6.01. The number of hydrogen-bond donors (Lipinski definition) is 1. The van der Waals surface area contributed by atoms with Gasteiger partial charge in [0.15, 0.2) is 5.16 Å². The minimum atomic E-state index is 0.422. The summed E-state index contributed by atoms with van der Waals surface area (Å²) in [6, 6.07) is 1.95. The summed E-state index contributed by atoms with van der Waals surface area (Å²) in [5.41, 5.74) is 7.47. The lowest BCUT2D eigenvalue weighted by Gasteiger charge is -2.42. The quantitative estimate of drug-likeness (QED) is 0.834. The fourth-order valence-electron chi connectivity index (χ4n) is 3.22. The fourth-order valence-corrected chi connectivity index (χ4v) is 4.58. The van der Waals surface area contributed by atoms with Crippen molar-refractivity contribution in [2.45, 2.75) is 63.8 Å². The molecule has 4 heteroatoms. The van der Waals surface area contributed by atoms with Crippen LogP contribution in [0.2, 0.25) is 0 Å². The van der Waals surface area contributed by atoms with Gasteiger partial charge in [0.05, 0.1) is 0 Å². The van der Waals surface area contributed by atoms with Gasteiger partial charge in [-0.2, -0.15) is 0 Å². The number of rotatable bonds is 5. The zero-order chi connectivity index (χ0) is 15.5. The molecule has 1 aliphatic rings. The Morgan fingerprint density at radius 3 is 2.76 bits per heavy atom. The van der Waals surface area contributed by atoms with Gasteiger partial charge in [0, 0.05) is 17.1 Å². The molecule has 0 bridgehead atoms. The molecule has 2 N–H and O–H groups in total. The van der Waals surface area contributed by atoms with E-state index in [1.165, 1.54) is 25.7 Å². The van der Waals surface area contributed by atoms with Crippen LogP contribution in [0.4, 0.5) is 0 Å². The molecule has 2 rings (SSSR count). The third-order valence-corrected chi connectivity index (χ3v) is 6.56. The Bertz CT molecular complexity index is 461. The second-order valence-corrected chi connectivity index (χ2v) is 8.19. The maximum Gasteiger partial charge on any atom is 0.188 e. The summed E-state index contributed by atoms with van der Waals surface area (Å²) >= 11 is 1.84. The topological polar surface area (TPSA) is 51.8 Å². The Balaban J connectivity index is 2.10. The van der Waals surface area contributed by atoms with E-state index in [2.05, 4.69) is 30.7 Å². The average Bonchev–Trinajstić information content (AvgIpc) is 2.47. The first-order chi connectivity index (χ1) is 9.96. The third kappa shape index (κ3) is 4.19.